The molecule has 2 saturated heterocycles. The van der Waals surface area contributed by atoms with Crippen LogP contribution in [-0.2, 0) is 16.1 Å². The van der Waals surface area contributed by atoms with Gasteiger partial charge in [0.2, 0.25) is 11.8 Å². The minimum atomic E-state index is -0.246. The Morgan fingerprint density at radius 2 is 2.00 bits per heavy atom. The van der Waals surface area contributed by atoms with Crippen LogP contribution in [0.5, 0.6) is 5.75 Å². The van der Waals surface area contributed by atoms with E-state index in [4.69, 9.17) is 16.3 Å². The van der Waals surface area contributed by atoms with Crippen LogP contribution < -0.4 is 10.1 Å². The maximum absolute atomic E-state index is 12.4. The minimum Gasteiger partial charge on any atom is -0.489 e. The van der Waals surface area contributed by atoms with Crippen LogP contribution in [0.1, 0.15) is 36.6 Å². The van der Waals surface area contributed by atoms with E-state index in [2.05, 4.69) is 10.3 Å². The van der Waals surface area contributed by atoms with Crippen LogP contribution in [0.25, 0.3) is 21.3 Å². The van der Waals surface area contributed by atoms with E-state index in [0.29, 0.717) is 5.02 Å². The predicted octanol–water partition coefficient (Wildman–Crippen LogP) is 4.95. The molecular weight excluding hydrogens is 458 g/mol. The lowest BCUT2D eigenvalue weighted by Crippen LogP contribution is -2.34. The van der Waals surface area contributed by atoms with Crippen LogP contribution in [0, 0.1) is 12.8 Å². The molecule has 5 rings (SSSR count). The molecule has 0 spiro atoms. The van der Waals surface area contributed by atoms with Gasteiger partial charge in [-0.15, -0.1) is 11.3 Å². The molecule has 172 valence electrons. The molecule has 8 heteroatoms. The van der Waals surface area contributed by atoms with Crippen molar-refractivity contribution in [2.45, 2.75) is 45.8 Å². The third-order valence-corrected chi connectivity index (χ3v) is 7.71. The van der Waals surface area contributed by atoms with Gasteiger partial charge >= 0.3 is 0 Å². The first-order valence-corrected chi connectivity index (χ1v) is 12.5. The fraction of sp³-hybridized carbons (Fsp3) is 0.400. The van der Waals surface area contributed by atoms with E-state index in [1.54, 1.807) is 24.5 Å². The normalized spacial score (nSPS) is 19.6. The number of hydrogen-bond acceptors (Lipinski definition) is 6. The molecule has 0 radical (unpaired) electrons. The number of aromatic nitrogens is 1. The summed E-state index contributed by atoms with van der Waals surface area (Å²) in [5.74, 6) is 0.396. The molecule has 0 saturated carbocycles. The number of imide groups is 1. The van der Waals surface area contributed by atoms with Crippen molar-refractivity contribution in [3.63, 3.8) is 0 Å². The van der Waals surface area contributed by atoms with Gasteiger partial charge in [-0.25, -0.2) is 0 Å². The third kappa shape index (κ3) is 4.37. The zero-order chi connectivity index (χ0) is 23.1. The number of piperidine rings is 1. The Balaban J connectivity index is 1.54. The van der Waals surface area contributed by atoms with Crippen LogP contribution in [0.2, 0.25) is 5.02 Å². The van der Waals surface area contributed by atoms with Gasteiger partial charge < -0.3 is 10.1 Å². The molecule has 2 amide bonds. The quantitative estimate of drug-likeness (QED) is 0.520. The number of carbonyl (C=O) groups excluding carboxylic acids is 2. The Labute approximate surface area is 201 Å². The van der Waals surface area contributed by atoms with Gasteiger partial charge in [0.15, 0.2) is 0 Å². The highest BCUT2D eigenvalue weighted by Crippen LogP contribution is 2.42. The average molecular weight is 484 g/mol. The summed E-state index contributed by atoms with van der Waals surface area (Å²) in [4.78, 5) is 31.5. The summed E-state index contributed by atoms with van der Waals surface area (Å²) < 4.78 is 7.51. The lowest BCUT2D eigenvalue weighted by molar-refractivity contribution is -0.139. The summed E-state index contributed by atoms with van der Waals surface area (Å²) in [5.41, 5.74) is 3.78. The molecule has 33 heavy (non-hydrogen) atoms. The van der Waals surface area contributed by atoms with Crippen LogP contribution in [0.3, 0.4) is 0 Å². The zero-order valence-corrected chi connectivity index (χ0v) is 20.3. The maximum atomic E-state index is 12.4. The molecule has 2 aliphatic rings. The van der Waals surface area contributed by atoms with Crippen molar-refractivity contribution in [2.24, 2.45) is 5.92 Å². The molecule has 1 unspecified atom stereocenters. The smallest absolute Gasteiger partial charge is 0.232 e. The standard InChI is InChI=1S/C25H26ClN3O3S/c1-14-9-16(26)11-20(23(14)32-17-3-6-27-7-4-17)19-5-8-28-21-12-18(33-24(19)21)13-29-22(30)10-15(2)25(29)31/h5,8-9,11-12,15,17,27H,3-4,6-7,10,13H2,1-2H3. The van der Waals surface area contributed by atoms with E-state index in [-0.39, 0.29) is 36.8 Å². The van der Waals surface area contributed by atoms with Gasteiger partial charge in [-0.2, -0.15) is 0 Å². The summed E-state index contributed by atoms with van der Waals surface area (Å²) in [6, 6.07) is 7.84. The lowest BCUT2D eigenvalue weighted by Gasteiger charge is -2.26. The molecule has 0 bridgehead atoms. The Kier molecular flexibility index (Phi) is 6.12. The Bertz CT molecular complexity index is 1240. The molecule has 2 aliphatic heterocycles. The van der Waals surface area contributed by atoms with Crippen LogP contribution in [0.15, 0.2) is 30.5 Å². The first kappa shape index (κ1) is 22.3. The highest BCUT2D eigenvalue weighted by molar-refractivity contribution is 7.19. The number of nitrogens with zero attached hydrogens (tertiary/aromatic N) is 2. The number of amides is 2. The molecule has 4 heterocycles. The molecule has 3 aromatic rings. The fourth-order valence-electron chi connectivity index (χ4n) is 4.61. The van der Waals surface area contributed by atoms with Gasteiger partial charge in [-0.3, -0.25) is 19.5 Å². The van der Waals surface area contributed by atoms with Gasteiger partial charge in [0.25, 0.3) is 0 Å². The highest BCUT2D eigenvalue weighted by Gasteiger charge is 2.35. The summed E-state index contributed by atoms with van der Waals surface area (Å²) in [7, 11) is 0. The molecule has 0 aliphatic carbocycles. The first-order valence-electron chi connectivity index (χ1n) is 11.3. The third-order valence-electron chi connectivity index (χ3n) is 6.35. The molecular formula is C25H26ClN3O3S. The first-order chi connectivity index (χ1) is 15.9. The Morgan fingerprint density at radius 1 is 1.21 bits per heavy atom. The second-order valence-corrected chi connectivity index (χ2v) is 10.4. The second-order valence-electron chi connectivity index (χ2n) is 8.88. The number of benzene rings is 1. The number of nitrogens with one attached hydrogen (secondary N) is 1. The highest BCUT2D eigenvalue weighted by atomic mass is 35.5. The van der Waals surface area contributed by atoms with Crippen molar-refractivity contribution >= 4 is 45.0 Å². The molecule has 6 nitrogen and oxygen atoms in total. The number of hydrogen-bond donors (Lipinski definition) is 1. The summed E-state index contributed by atoms with van der Waals surface area (Å²) in [5, 5.41) is 4.03. The number of fused-ring (bicyclic) bond motifs is 1. The lowest BCUT2D eigenvalue weighted by atomic mass is 10.0. The topological polar surface area (TPSA) is 71.5 Å². The zero-order valence-electron chi connectivity index (χ0n) is 18.7. The van der Waals surface area contributed by atoms with E-state index in [1.165, 1.54) is 4.90 Å². The van der Waals surface area contributed by atoms with Gasteiger partial charge in [-0.1, -0.05) is 18.5 Å². The monoisotopic (exact) mass is 483 g/mol. The Morgan fingerprint density at radius 3 is 2.73 bits per heavy atom. The SMILES string of the molecule is Cc1cc(Cl)cc(-c2ccnc3cc(CN4C(=O)CC(C)C4=O)sc23)c1OC1CCNCC1. The largest absolute Gasteiger partial charge is 0.489 e. The number of carbonyl (C=O) groups is 2. The molecule has 1 N–H and O–H groups in total. The van der Waals surface area contributed by atoms with Crippen LogP contribution in [0.4, 0.5) is 0 Å². The van der Waals surface area contributed by atoms with Crippen molar-refractivity contribution in [1.82, 2.24) is 15.2 Å². The molecule has 1 aromatic carbocycles. The van der Waals surface area contributed by atoms with Gasteiger partial charge in [-0.05, 0) is 62.7 Å². The summed E-state index contributed by atoms with van der Waals surface area (Å²) >= 11 is 8.03. The fourth-order valence-corrected chi connectivity index (χ4v) is 6.02. The number of aryl methyl sites for hydroxylation is 1. The van der Waals surface area contributed by atoms with E-state index in [0.717, 1.165) is 63.5 Å². The minimum absolute atomic E-state index is 0.103. The maximum Gasteiger partial charge on any atom is 0.232 e. The van der Waals surface area contributed by atoms with Gasteiger partial charge in [0.05, 0.1) is 16.8 Å². The molecule has 2 aromatic heterocycles. The van der Waals surface area contributed by atoms with Gasteiger partial charge in [0.1, 0.15) is 11.9 Å². The van der Waals surface area contributed by atoms with Crippen molar-refractivity contribution in [3.8, 4) is 16.9 Å². The van der Waals surface area contributed by atoms with Crippen LogP contribution >= 0.6 is 22.9 Å². The van der Waals surface area contributed by atoms with E-state index < -0.39 is 0 Å². The van der Waals surface area contributed by atoms with Crippen molar-refractivity contribution in [2.75, 3.05) is 13.1 Å². The van der Waals surface area contributed by atoms with Crippen molar-refractivity contribution < 1.29 is 14.3 Å². The number of thiophene rings is 1. The van der Waals surface area contributed by atoms with E-state index in [9.17, 15) is 9.59 Å². The number of pyridine rings is 1. The average Bonchev–Trinajstić information content (AvgIpc) is 3.31. The van der Waals surface area contributed by atoms with Crippen LogP contribution in [-0.4, -0.2) is 40.9 Å². The van der Waals surface area contributed by atoms with E-state index >= 15 is 0 Å². The summed E-state index contributed by atoms with van der Waals surface area (Å²) in [6.07, 6.45) is 4.16. The Hall–Kier alpha value is -2.48. The number of likely N-dealkylation sites (tertiary alicyclic amines) is 1. The number of rotatable bonds is 5. The van der Waals surface area contributed by atoms with Crippen molar-refractivity contribution in [3.05, 3.63) is 45.9 Å². The van der Waals surface area contributed by atoms with Gasteiger partial charge in [0, 0.05) is 39.6 Å². The molecule has 1 atom stereocenters. The number of ether oxygens (including phenoxy) is 1. The van der Waals surface area contributed by atoms with Crippen molar-refractivity contribution in [1.29, 1.82) is 0 Å². The second kappa shape index (κ2) is 9.05. The number of halogens is 1. The predicted molar refractivity (Wildman–Crippen MR) is 131 cm³/mol. The summed E-state index contributed by atoms with van der Waals surface area (Å²) in [6.45, 7) is 6.02. The molecule has 2 fully saturated rings. The van der Waals surface area contributed by atoms with E-state index in [1.807, 2.05) is 31.2 Å².